The number of aliphatic hydroxyl groups excluding tert-OH is 1. The first-order chi connectivity index (χ1) is 6.93. The minimum atomic E-state index is -0.837. The van der Waals surface area contributed by atoms with Crippen molar-refractivity contribution in [2.75, 3.05) is 0 Å². The molecule has 92 valence electrons. The summed E-state index contributed by atoms with van der Waals surface area (Å²) in [5.41, 5.74) is 6.29. The molecule has 0 saturated carbocycles. The van der Waals surface area contributed by atoms with Crippen molar-refractivity contribution in [2.24, 2.45) is 11.7 Å². The number of hydrogen-bond acceptors (Lipinski definition) is 4. The molecule has 0 saturated heterocycles. The molecule has 0 amide bonds. The topological polar surface area (TPSA) is 86.7 Å². The van der Waals surface area contributed by atoms with Crippen molar-refractivity contribution in [3.8, 4) is 11.5 Å². The Labute approximate surface area is 101 Å². The second-order valence-corrected chi connectivity index (χ2v) is 4.01. The van der Waals surface area contributed by atoms with Crippen LogP contribution in [-0.2, 0) is 0 Å². The van der Waals surface area contributed by atoms with E-state index in [0.717, 1.165) is 0 Å². The van der Waals surface area contributed by atoms with Crippen LogP contribution in [0, 0.1) is 5.92 Å². The third-order valence-electron chi connectivity index (χ3n) is 2.48. The highest BCUT2D eigenvalue weighted by molar-refractivity contribution is 5.85. The molecule has 5 N–H and O–H groups in total. The number of hydrogen-bond donors (Lipinski definition) is 4. The molecule has 1 aromatic carbocycles. The van der Waals surface area contributed by atoms with Gasteiger partial charge >= 0.3 is 0 Å². The minimum Gasteiger partial charge on any atom is -0.504 e. The molecule has 1 rings (SSSR count). The number of nitrogens with two attached hydrogens (primary N) is 1. The zero-order chi connectivity index (χ0) is 11.6. The highest BCUT2D eigenvalue weighted by Gasteiger charge is 2.20. The number of halogens is 1. The van der Waals surface area contributed by atoms with E-state index in [-0.39, 0.29) is 29.8 Å². The van der Waals surface area contributed by atoms with Gasteiger partial charge in [-0.1, -0.05) is 19.9 Å². The lowest BCUT2D eigenvalue weighted by Gasteiger charge is -2.22. The maximum absolute atomic E-state index is 9.86. The molecule has 0 spiro atoms. The monoisotopic (exact) mass is 247 g/mol. The number of aromatic hydroxyl groups is 2. The van der Waals surface area contributed by atoms with Crippen LogP contribution >= 0.6 is 12.4 Å². The van der Waals surface area contributed by atoms with Crippen molar-refractivity contribution in [2.45, 2.75) is 26.0 Å². The van der Waals surface area contributed by atoms with Crippen molar-refractivity contribution < 1.29 is 15.3 Å². The van der Waals surface area contributed by atoms with Gasteiger partial charge in [-0.05, 0) is 23.6 Å². The van der Waals surface area contributed by atoms with Gasteiger partial charge in [0.1, 0.15) is 0 Å². The van der Waals surface area contributed by atoms with Gasteiger partial charge in [0.15, 0.2) is 11.5 Å². The van der Waals surface area contributed by atoms with Crippen LogP contribution in [0.25, 0.3) is 0 Å². The van der Waals surface area contributed by atoms with Gasteiger partial charge in [-0.25, -0.2) is 0 Å². The SMILES string of the molecule is CC(C)C(N)C(O)c1ccc(O)c(O)c1.Cl. The molecule has 0 heterocycles. The predicted octanol–water partition coefficient (Wildman–Crippen LogP) is 1.54. The van der Waals surface area contributed by atoms with E-state index in [0.29, 0.717) is 5.56 Å². The number of benzene rings is 1. The summed E-state index contributed by atoms with van der Waals surface area (Å²) in [5, 5.41) is 28.2. The maximum atomic E-state index is 9.86. The quantitative estimate of drug-likeness (QED) is 0.610. The Morgan fingerprint density at radius 2 is 1.69 bits per heavy atom. The molecular formula is C11H18ClNO3. The summed E-state index contributed by atoms with van der Waals surface area (Å²) in [7, 11) is 0. The van der Waals surface area contributed by atoms with Gasteiger partial charge in [0.2, 0.25) is 0 Å². The molecule has 0 aromatic heterocycles. The van der Waals surface area contributed by atoms with Gasteiger partial charge in [0, 0.05) is 6.04 Å². The zero-order valence-electron chi connectivity index (χ0n) is 9.29. The Hall–Kier alpha value is -0.970. The van der Waals surface area contributed by atoms with Crippen LogP contribution in [0.3, 0.4) is 0 Å². The van der Waals surface area contributed by atoms with Crippen molar-refractivity contribution in [3.63, 3.8) is 0 Å². The third kappa shape index (κ3) is 3.27. The molecule has 1 aromatic rings. The van der Waals surface area contributed by atoms with E-state index in [2.05, 4.69) is 0 Å². The van der Waals surface area contributed by atoms with E-state index in [1.54, 1.807) is 6.07 Å². The third-order valence-corrected chi connectivity index (χ3v) is 2.48. The van der Waals surface area contributed by atoms with Crippen molar-refractivity contribution in [1.82, 2.24) is 0 Å². The lowest BCUT2D eigenvalue weighted by Crippen LogP contribution is -2.33. The van der Waals surface area contributed by atoms with Crippen LogP contribution in [0.5, 0.6) is 11.5 Å². The highest BCUT2D eigenvalue weighted by Crippen LogP contribution is 2.29. The van der Waals surface area contributed by atoms with E-state index < -0.39 is 12.1 Å². The Balaban J connectivity index is 0.00000225. The van der Waals surface area contributed by atoms with Gasteiger partial charge in [0.25, 0.3) is 0 Å². The Bertz CT molecular complexity index is 344. The van der Waals surface area contributed by atoms with Crippen LogP contribution in [0.4, 0.5) is 0 Å². The number of rotatable bonds is 3. The van der Waals surface area contributed by atoms with E-state index in [4.69, 9.17) is 10.8 Å². The minimum absolute atomic E-state index is 0. The first-order valence-electron chi connectivity index (χ1n) is 4.89. The number of phenols is 2. The Kier molecular flexibility index (Phi) is 5.58. The maximum Gasteiger partial charge on any atom is 0.157 e. The van der Waals surface area contributed by atoms with Gasteiger partial charge in [-0.15, -0.1) is 12.4 Å². The molecule has 0 aliphatic heterocycles. The van der Waals surface area contributed by atoms with Crippen LogP contribution < -0.4 is 5.73 Å². The molecule has 0 fully saturated rings. The van der Waals surface area contributed by atoms with E-state index >= 15 is 0 Å². The summed E-state index contributed by atoms with van der Waals surface area (Å²) in [6, 6.07) is 3.81. The number of phenolic OH excluding ortho intramolecular Hbond substituents is 2. The molecule has 16 heavy (non-hydrogen) atoms. The van der Waals surface area contributed by atoms with Crippen LogP contribution in [-0.4, -0.2) is 21.4 Å². The normalized spacial score (nSPS) is 14.3. The fraction of sp³-hybridized carbons (Fsp3) is 0.455. The first kappa shape index (κ1) is 15.0. The molecule has 2 unspecified atom stereocenters. The van der Waals surface area contributed by atoms with Crippen molar-refractivity contribution in [1.29, 1.82) is 0 Å². The smallest absolute Gasteiger partial charge is 0.157 e. The highest BCUT2D eigenvalue weighted by atomic mass is 35.5. The van der Waals surface area contributed by atoms with Crippen molar-refractivity contribution in [3.05, 3.63) is 23.8 Å². The van der Waals surface area contributed by atoms with Crippen LogP contribution in [0.1, 0.15) is 25.5 Å². The average molecular weight is 248 g/mol. The summed E-state index contributed by atoms with van der Waals surface area (Å²) < 4.78 is 0. The molecule has 4 nitrogen and oxygen atoms in total. The standard InChI is InChI=1S/C11H17NO3.ClH/c1-6(2)10(12)11(15)7-3-4-8(13)9(14)5-7;/h3-6,10-11,13-15H,12H2,1-2H3;1H. The molecule has 0 radical (unpaired) electrons. The van der Waals surface area contributed by atoms with Gasteiger partial charge in [-0.2, -0.15) is 0 Å². The molecule has 0 aliphatic carbocycles. The van der Waals surface area contributed by atoms with E-state index in [1.807, 2.05) is 13.8 Å². The summed E-state index contributed by atoms with van der Waals surface area (Å²) in [6.45, 7) is 3.82. The van der Waals surface area contributed by atoms with E-state index in [9.17, 15) is 10.2 Å². The second kappa shape index (κ2) is 5.94. The lowest BCUT2D eigenvalue weighted by atomic mass is 9.94. The van der Waals surface area contributed by atoms with Crippen LogP contribution in [0.15, 0.2) is 18.2 Å². The summed E-state index contributed by atoms with van der Waals surface area (Å²) in [4.78, 5) is 0. The zero-order valence-corrected chi connectivity index (χ0v) is 10.1. The van der Waals surface area contributed by atoms with Gasteiger partial charge in [-0.3, -0.25) is 0 Å². The van der Waals surface area contributed by atoms with Crippen LogP contribution in [0.2, 0.25) is 0 Å². The molecule has 0 bridgehead atoms. The van der Waals surface area contributed by atoms with Crippen molar-refractivity contribution >= 4 is 12.4 Å². The average Bonchev–Trinajstić information content (AvgIpc) is 2.19. The second-order valence-electron chi connectivity index (χ2n) is 4.01. The largest absolute Gasteiger partial charge is 0.504 e. The Morgan fingerprint density at radius 3 is 2.12 bits per heavy atom. The molecule has 0 aliphatic rings. The summed E-state index contributed by atoms with van der Waals surface area (Å²) in [5.74, 6) is -0.317. The van der Waals surface area contributed by atoms with Gasteiger partial charge < -0.3 is 21.1 Å². The fourth-order valence-electron chi connectivity index (χ4n) is 1.31. The first-order valence-corrected chi connectivity index (χ1v) is 4.89. The Morgan fingerprint density at radius 1 is 1.12 bits per heavy atom. The van der Waals surface area contributed by atoms with E-state index in [1.165, 1.54) is 12.1 Å². The molecular weight excluding hydrogens is 230 g/mol. The summed E-state index contributed by atoms with van der Waals surface area (Å²) in [6.07, 6.45) is -0.837. The predicted molar refractivity (Wildman–Crippen MR) is 64.8 cm³/mol. The fourth-order valence-corrected chi connectivity index (χ4v) is 1.31. The van der Waals surface area contributed by atoms with Gasteiger partial charge in [0.05, 0.1) is 6.10 Å². The molecule has 2 atom stereocenters. The summed E-state index contributed by atoms with van der Waals surface area (Å²) >= 11 is 0. The molecule has 5 heteroatoms. The lowest BCUT2D eigenvalue weighted by molar-refractivity contribution is 0.125. The number of aliphatic hydroxyl groups is 1.